The highest BCUT2D eigenvalue weighted by atomic mass is 16.7. The number of terminal acetylenes is 1. The number of carbonyl (C=O) groups excluding carboxylic acids is 1. The maximum atomic E-state index is 10.9. The Balaban J connectivity index is 3.16. The summed E-state index contributed by atoms with van der Waals surface area (Å²) in [6.07, 6.45) is 4.96. The minimum Gasteiger partial charge on any atom is -0.382 e. The van der Waals surface area contributed by atoms with Gasteiger partial charge in [-0.3, -0.25) is 14.9 Å². The van der Waals surface area contributed by atoms with Crippen LogP contribution in [0.1, 0.15) is 0 Å². The third-order valence-corrected chi connectivity index (χ3v) is 1.09. The van der Waals surface area contributed by atoms with Gasteiger partial charge in [0.25, 0.3) is 5.91 Å². The number of nitrogens with one attached hydrogen (secondary N) is 2. The molecule has 0 saturated carbocycles. The molecule has 0 aliphatic rings. The Morgan fingerprint density at radius 2 is 2.31 bits per heavy atom. The molecule has 1 amide bonds. The molecule has 0 rings (SSSR count). The molecule has 0 aromatic carbocycles. The third-order valence-electron chi connectivity index (χ3n) is 1.09. The predicted molar refractivity (Wildman–Crippen MR) is 47.7 cm³/mol. The van der Waals surface area contributed by atoms with E-state index in [-0.39, 0.29) is 12.5 Å². The smallest absolute Gasteiger partial charge is 0.257 e. The number of rotatable bonds is 7. The lowest BCUT2D eigenvalue weighted by molar-refractivity contribution is -0.133. The first-order chi connectivity index (χ1) is 6.31. The summed E-state index contributed by atoms with van der Waals surface area (Å²) in [7, 11) is 1.56. The van der Waals surface area contributed by atoms with Crippen molar-refractivity contribution in [1.29, 1.82) is 0 Å². The first kappa shape index (κ1) is 11.9. The lowest BCUT2D eigenvalue weighted by atomic mass is 10.5. The monoisotopic (exact) mass is 186 g/mol. The Labute approximate surface area is 77.7 Å². The summed E-state index contributed by atoms with van der Waals surface area (Å²) >= 11 is 0. The molecule has 5 nitrogen and oxygen atoms in total. The maximum Gasteiger partial charge on any atom is 0.257 e. The van der Waals surface area contributed by atoms with Crippen LogP contribution in [0.25, 0.3) is 0 Å². The van der Waals surface area contributed by atoms with Gasteiger partial charge in [0, 0.05) is 7.11 Å². The molecule has 0 spiro atoms. The van der Waals surface area contributed by atoms with Gasteiger partial charge in [-0.15, -0.1) is 6.42 Å². The molecule has 0 aliphatic heterocycles. The fraction of sp³-hybridized carbons (Fsp3) is 0.625. The Hall–Kier alpha value is -1.09. The molecule has 13 heavy (non-hydrogen) atoms. The van der Waals surface area contributed by atoms with Gasteiger partial charge in [0.15, 0.2) is 0 Å². The maximum absolute atomic E-state index is 10.9. The second kappa shape index (κ2) is 9.00. The summed E-state index contributed by atoms with van der Waals surface area (Å²) in [4.78, 5) is 15.6. The molecule has 0 bridgehead atoms. The van der Waals surface area contributed by atoms with Crippen molar-refractivity contribution in [2.24, 2.45) is 0 Å². The van der Waals surface area contributed by atoms with Gasteiger partial charge >= 0.3 is 0 Å². The molecule has 0 aliphatic carbocycles. The first-order valence-corrected chi connectivity index (χ1v) is 3.85. The van der Waals surface area contributed by atoms with Gasteiger partial charge in [-0.2, -0.15) is 0 Å². The number of amides is 1. The van der Waals surface area contributed by atoms with Crippen molar-refractivity contribution in [2.75, 3.05) is 33.4 Å². The molecule has 0 atom stereocenters. The van der Waals surface area contributed by atoms with Crippen LogP contribution in [-0.2, 0) is 14.4 Å². The number of hydroxylamine groups is 1. The standard InChI is InChI=1S/C8H14N2O3/c1-3-4-9-7-8(11)10-13-6-5-12-2/h1,9H,4-7H2,2H3,(H,10,11). The van der Waals surface area contributed by atoms with Crippen LogP contribution in [0.5, 0.6) is 0 Å². The van der Waals surface area contributed by atoms with Gasteiger partial charge in [-0.05, 0) is 0 Å². The molecule has 0 fully saturated rings. The van der Waals surface area contributed by atoms with E-state index in [0.717, 1.165) is 0 Å². The van der Waals surface area contributed by atoms with Crippen LogP contribution in [0.3, 0.4) is 0 Å². The normalized spacial score (nSPS) is 9.23. The molecule has 0 radical (unpaired) electrons. The summed E-state index contributed by atoms with van der Waals surface area (Å²) in [5, 5.41) is 2.72. The molecule has 2 N–H and O–H groups in total. The van der Waals surface area contributed by atoms with Gasteiger partial charge < -0.3 is 4.74 Å². The first-order valence-electron chi connectivity index (χ1n) is 3.85. The van der Waals surface area contributed by atoms with Gasteiger partial charge in [-0.25, -0.2) is 5.48 Å². The van der Waals surface area contributed by atoms with E-state index in [1.807, 2.05) is 0 Å². The van der Waals surface area contributed by atoms with Crippen LogP contribution in [0.15, 0.2) is 0 Å². The number of hydrogen-bond donors (Lipinski definition) is 2. The zero-order valence-corrected chi connectivity index (χ0v) is 7.63. The highest BCUT2D eigenvalue weighted by Gasteiger charge is 1.97. The third kappa shape index (κ3) is 8.82. The van der Waals surface area contributed by atoms with Gasteiger partial charge in [0.1, 0.15) is 0 Å². The Bertz CT molecular complexity index is 177. The number of carbonyl (C=O) groups is 1. The summed E-state index contributed by atoms with van der Waals surface area (Å²) in [6.45, 7) is 1.29. The van der Waals surface area contributed by atoms with Gasteiger partial charge in [-0.1, -0.05) is 5.92 Å². The molecule has 0 aromatic rings. The van der Waals surface area contributed by atoms with Crippen LogP contribution in [0.4, 0.5) is 0 Å². The van der Waals surface area contributed by atoms with Crippen molar-refractivity contribution in [3.8, 4) is 12.3 Å². The SMILES string of the molecule is C#CCNCC(=O)NOCCOC. The average Bonchev–Trinajstić information content (AvgIpc) is 2.13. The lowest BCUT2D eigenvalue weighted by Gasteiger charge is -2.04. The van der Waals surface area contributed by atoms with Crippen LogP contribution >= 0.6 is 0 Å². The largest absolute Gasteiger partial charge is 0.382 e. The zero-order chi connectivity index (χ0) is 9.94. The van der Waals surface area contributed by atoms with Crippen molar-refractivity contribution in [1.82, 2.24) is 10.8 Å². The highest BCUT2D eigenvalue weighted by molar-refractivity contribution is 5.76. The van der Waals surface area contributed by atoms with E-state index < -0.39 is 0 Å². The summed E-state index contributed by atoms with van der Waals surface area (Å²) in [5.74, 6) is 2.09. The summed E-state index contributed by atoms with van der Waals surface area (Å²) in [5.41, 5.74) is 2.23. The minimum absolute atomic E-state index is 0.150. The molecular weight excluding hydrogens is 172 g/mol. The number of ether oxygens (including phenoxy) is 1. The van der Waals surface area contributed by atoms with Crippen LogP contribution < -0.4 is 10.8 Å². The van der Waals surface area contributed by atoms with Crippen molar-refractivity contribution in [3.63, 3.8) is 0 Å². The molecule has 0 aromatic heterocycles. The molecule has 74 valence electrons. The van der Waals surface area contributed by atoms with E-state index in [2.05, 4.69) is 16.7 Å². The van der Waals surface area contributed by atoms with Crippen LogP contribution in [-0.4, -0.2) is 39.3 Å². The molecule has 0 unspecified atom stereocenters. The highest BCUT2D eigenvalue weighted by Crippen LogP contribution is 1.71. The molecular formula is C8H14N2O3. The van der Waals surface area contributed by atoms with E-state index in [1.165, 1.54) is 0 Å². The van der Waals surface area contributed by atoms with Gasteiger partial charge in [0.05, 0.1) is 26.3 Å². The fourth-order valence-corrected chi connectivity index (χ4v) is 0.541. The predicted octanol–water partition coefficient (Wildman–Crippen LogP) is -1.10. The van der Waals surface area contributed by atoms with E-state index in [1.54, 1.807) is 7.11 Å². The second-order valence-electron chi connectivity index (χ2n) is 2.17. The minimum atomic E-state index is -0.258. The molecule has 0 heterocycles. The van der Waals surface area contributed by atoms with Crippen LogP contribution in [0.2, 0.25) is 0 Å². The molecule has 0 saturated heterocycles. The van der Waals surface area contributed by atoms with E-state index in [9.17, 15) is 4.79 Å². The molecule has 5 heteroatoms. The lowest BCUT2D eigenvalue weighted by Crippen LogP contribution is -2.34. The van der Waals surface area contributed by atoms with Gasteiger partial charge in [0.2, 0.25) is 0 Å². The van der Waals surface area contributed by atoms with Crippen molar-refractivity contribution >= 4 is 5.91 Å². The number of hydrogen-bond acceptors (Lipinski definition) is 4. The Morgan fingerprint density at radius 3 is 2.92 bits per heavy atom. The van der Waals surface area contributed by atoms with E-state index in [0.29, 0.717) is 19.8 Å². The quantitative estimate of drug-likeness (QED) is 0.301. The van der Waals surface area contributed by atoms with Crippen molar-refractivity contribution < 1.29 is 14.4 Å². The zero-order valence-electron chi connectivity index (χ0n) is 7.63. The average molecular weight is 186 g/mol. The summed E-state index contributed by atoms with van der Waals surface area (Å²) < 4.78 is 4.70. The fourth-order valence-electron chi connectivity index (χ4n) is 0.541. The van der Waals surface area contributed by atoms with E-state index in [4.69, 9.17) is 16.0 Å². The topological polar surface area (TPSA) is 59.6 Å². The van der Waals surface area contributed by atoms with Crippen molar-refractivity contribution in [2.45, 2.75) is 0 Å². The Kier molecular flexibility index (Phi) is 8.25. The number of methoxy groups -OCH3 is 1. The Morgan fingerprint density at radius 1 is 1.54 bits per heavy atom. The summed E-state index contributed by atoms with van der Waals surface area (Å²) in [6, 6.07) is 0. The second-order valence-corrected chi connectivity index (χ2v) is 2.17. The van der Waals surface area contributed by atoms with E-state index >= 15 is 0 Å². The van der Waals surface area contributed by atoms with Crippen molar-refractivity contribution in [3.05, 3.63) is 0 Å². The van der Waals surface area contributed by atoms with Crippen LogP contribution in [0, 0.1) is 12.3 Å².